The van der Waals surface area contributed by atoms with Gasteiger partial charge >= 0.3 is 0 Å². The Morgan fingerprint density at radius 3 is 2.75 bits per heavy atom. The van der Waals surface area contributed by atoms with Gasteiger partial charge in [-0.1, -0.05) is 15.9 Å². The van der Waals surface area contributed by atoms with Crippen molar-refractivity contribution in [3.8, 4) is 11.5 Å². The second-order valence-corrected chi connectivity index (χ2v) is 6.53. The fraction of sp³-hybridized carbons (Fsp3) is 0.625. The molecule has 1 heterocycles. The van der Waals surface area contributed by atoms with E-state index in [0.29, 0.717) is 5.92 Å². The molecule has 1 fully saturated rings. The van der Waals surface area contributed by atoms with Crippen LogP contribution in [-0.2, 0) is 6.42 Å². The SMILES string of the molecule is COc1cc(CC2CCCNC2)c(Br)cc1OC(C)C. The number of nitrogens with one attached hydrogen (secondary N) is 1. The van der Waals surface area contributed by atoms with Crippen LogP contribution in [0.2, 0.25) is 0 Å². The number of hydrogen-bond acceptors (Lipinski definition) is 3. The molecule has 0 aromatic heterocycles. The summed E-state index contributed by atoms with van der Waals surface area (Å²) < 4.78 is 12.4. The molecule has 1 aromatic rings. The Labute approximate surface area is 130 Å². The van der Waals surface area contributed by atoms with Crippen molar-refractivity contribution < 1.29 is 9.47 Å². The zero-order valence-corrected chi connectivity index (χ0v) is 14.1. The number of methoxy groups -OCH3 is 1. The second kappa shape index (κ2) is 7.32. The number of rotatable bonds is 5. The summed E-state index contributed by atoms with van der Waals surface area (Å²) in [6.45, 7) is 6.31. The van der Waals surface area contributed by atoms with Crippen LogP contribution in [-0.4, -0.2) is 26.3 Å². The van der Waals surface area contributed by atoms with E-state index in [0.717, 1.165) is 35.5 Å². The van der Waals surface area contributed by atoms with E-state index >= 15 is 0 Å². The third-order valence-electron chi connectivity index (χ3n) is 3.60. The molecule has 4 heteroatoms. The van der Waals surface area contributed by atoms with E-state index in [1.54, 1.807) is 7.11 Å². The van der Waals surface area contributed by atoms with Gasteiger partial charge in [-0.15, -0.1) is 0 Å². The standard InChI is InChI=1S/C16H24BrNO2/c1-11(2)20-16-9-14(17)13(8-15(16)19-3)7-12-5-4-6-18-10-12/h8-9,11-12,18H,4-7,10H2,1-3H3. The van der Waals surface area contributed by atoms with Crippen molar-refractivity contribution in [1.29, 1.82) is 0 Å². The highest BCUT2D eigenvalue weighted by atomic mass is 79.9. The van der Waals surface area contributed by atoms with Gasteiger partial charge in [0.15, 0.2) is 11.5 Å². The maximum absolute atomic E-state index is 5.79. The first-order valence-electron chi connectivity index (χ1n) is 7.34. The summed E-state index contributed by atoms with van der Waals surface area (Å²) in [6.07, 6.45) is 3.79. The van der Waals surface area contributed by atoms with Crippen molar-refractivity contribution in [3.63, 3.8) is 0 Å². The largest absolute Gasteiger partial charge is 0.493 e. The van der Waals surface area contributed by atoms with Gasteiger partial charge in [0.1, 0.15) is 0 Å². The van der Waals surface area contributed by atoms with E-state index in [1.165, 1.54) is 18.4 Å². The summed E-state index contributed by atoms with van der Waals surface area (Å²) in [5.74, 6) is 2.34. The Balaban J connectivity index is 2.16. The zero-order chi connectivity index (χ0) is 14.5. The topological polar surface area (TPSA) is 30.5 Å². The molecule has 0 bridgehead atoms. The quantitative estimate of drug-likeness (QED) is 0.883. The molecule has 112 valence electrons. The third kappa shape index (κ3) is 4.13. The summed E-state index contributed by atoms with van der Waals surface area (Å²) in [5, 5.41) is 3.47. The van der Waals surface area contributed by atoms with Gasteiger partial charge in [0.05, 0.1) is 13.2 Å². The number of halogens is 1. The Hall–Kier alpha value is -0.740. The molecule has 1 aliphatic heterocycles. The molecule has 3 nitrogen and oxygen atoms in total. The zero-order valence-electron chi connectivity index (χ0n) is 12.5. The molecule has 2 rings (SSSR count). The highest BCUT2D eigenvalue weighted by Gasteiger charge is 2.17. The van der Waals surface area contributed by atoms with Gasteiger partial charge in [-0.3, -0.25) is 0 Å². The average molecular weight is 342 g/mol. The lowest BCUT2D eigenvalue weighted by Gasteiger charge is -2.24. The molecule has 0 amide bonds. The molecular weight excluding hydrogens is 318 g/mol. The maximum Gasteiger partial charge on any atom is 0.162 e. The van der Waals surface area contributed by atoms with Crippen molar-refractivity contribution >= 4 is 15.9 Å². The number of ether oxygens (including phenoxy) is 2. The second-order valence-electron chi connectivity index (χ2n) is 5.68. The highest BCUT2D eigenvalue weighted by Crippen LogP contribution is 2.35. The number of benzene rings is 1. The molecule has 1 unspecified atom stereocenters. The van der Waals surface area contributed by atoms with Crippen LogP contribution in [0.1, 0.15) is 32.3 Å². The summed E-state index contributed by atoms with van der Waals surface area (Å²) in [7, 11) is 1.70. The van der Waals surface area contributed by atoms with Crippen molar-refractivity contribution in [3.05, 3.63) is 22.2 Å². The summed E-state index contributed by atoms with van der Waals surface area (Å²) >= 11 is 3.67. The number of hydrogen-bond donors (Lipinski definition) is 1. The molecule has 1 atom stereocenters. The average Bonchev–Trinajstić information content (AvgIpc) is 2.42. The molecule has 20 heavy (non-hydrogen) atoms. The van der Waals surface area contributed by atoms with E-state index in [9.17, 15) is 0 Å². The Morgan fingerprint density at radius 2 is 2.15 bits per heavy atom. The van der Waals surface area contributed by atoms with Gasteiger partial charge in [-0.05, 0) is 69.8 Å². The van der Waals surface area contributed by atoms with Crippen LogP contribution in [0.4, 0.5) is 0 Å². The minimum absolute atomic E-state index is 0.143. The number of piperidine rings is 1. The predicted molar refractivity (Wildman–Crippen MR) is 85.8 cm³/mol. The van der Waals surface area contributed by atoms with Gasteiger partial charge in [-0.2, -0.15) is 0 Å². The fourth-order valence-electron chi connectivity index (χ4n) is 2.65. The molecule has 1 aliphatic rings. The lowest BCUT2D eigenvalue weighted by atomic mass is 9.92. The van der Waals surface area contributed by atoms with Crippen molar-refractivity contribution in [2.24, 2.45) is 5.92 Å². The summed E-state index contributed by atoms with van der Waals surface area (Å²) in [6, 6.07) is 4.14. The van der Waals surface area contributed by atoms with Gasteiger partial charge in [0.2, 0.25) is 0 Å². The fourth-order valence-corrected chi connectivity index (χ4v) is 3.13. The van der Waals surface area contributed by atoms with Crippen molar-refractivity contribution in [2.75, 3.05) is 20.2 Å². The minimum Gasteiger partial charge on any atom is -0.493 e. The van der Waals surface area contributed by atoms with Crippen LogP contribution in [0.5, 0.6) is 11.5 Å². The molecule has 1 saturated heterocycles. The smallest absolute Gasteiger partial charge is 0.162 e. The molecule has 0 radical (unpaired) electrons. The molecule has 1 aromatic carbocycles. The third-order valence-corrected chi connectivity index (χ3v) is 4.34. The van der Waals surface area contributed by atoms with E-state index in [4.69, 9.17) is 9.47 Å². The maximum atomic E-state index is 5.79. The van der Waals surface area contributed by atoms with Crippen LogP contribution in [0.3, 0.4) is 0 Å². The van der Waals surface area contributed by atoms with E-state index in [2.05, 4.69) is 27.3 Å². The molecule has 0 saturated carbocycles. The van der Waals surface area contributed by atoms with Crippen molar-refractivity contribution in [2.45, 2.75) is 39.2 Å². The first kappa shape index (κ1) is 15.6. The van der Waals surface area contributed by atoms with Crippen LogP contribution in [0.25, 0.3) is 0 Å². The van der Waals surface area contributed by atoms with Gasteiger partial charge in [0, 0.05) is 4.47 Å². The molecular formula is C16H24BrNO2. The summed E-state index contributed by atoms with van der Waals surface area (Å²) in [5.41, 5.74) is 1.30. The lowest BCUT2D eigenvalue weighted by molar-refractivity contribution is 0.229. The van der Waals surface area contributed by atoms with Gasteiger partial charge < -0.3 is 14.8 Å². The van der Waals surface area contributed by atoms with E-state index in [1.807, 2.05) is 19.9 Å². The monoisotopic (exact) mass is 341 g/mol. The van der Waals surface area contributed by atoms with Crippen LogP contribution >= 0.6 is 15.9 Å². The van der Waals surface area contributed by atoms with Crippen LogP contribution in [0.15, 0.2) is 16.6 Å². The van der Waals surface area contributed by atoms with Crippen LogP contribution < -0.4 is 14.8 Å². The Morgan fingerprint density at radius 1 is 1.35 bits per heavy atom. The lowest BCUT2D eigenvalue weighted by Crippen LogP contribution is -2.30. The van der Waals surface area contributed by atoms with Crippen LogP contribution in [0, 0.1) is 5.92 Å². The summed E-state index contributed by atoms with van der Waals surface area (Å²) in [4.78, 5) is 0. The first-order valence-corrected chi connectivity index (χ1v) is 8.13. The van der Waals surface area contributed by atoms with Crippen molar-refractivity contribution in [1.82, 2.24) is 5.32 Å². The van der Waals surface area contributed by atoms with E-state index in [-0.39, 0.29) is 6.10 Å². The minimum atomic E-state index is 0.143. The molecule has 0 spiro atoms. The predicted octanol–water partition coefficient (Wildman–Crippen LogP) is 3.79. The Kier molecular flexibility index (Phi) is 5.73. The van der Waals surface area contributed by atoms with E-state index < -0.39 is 0 Å². The van der Waals surface area contributed by atoms with Gasteiger partial charge in [-0.25, -0.2) is 0 Å². The Bertz CT molecular complexity index is 442. The molecule has 0 aliphatic carbocycles. The normalized spacial score (nSPS) is 19.1. The highest BCUT2D eigenvalue weighted by molar-refractivity contribution is 9.10. The van der Waals surface area contributed by atoms with Gasteiger partial charge in [0.25, 0.3) is 0 Å². The first-order chi connectivity index (χ1) is 9.60. The molecule has 1 N–H and O–H groups in total.